The lowest BCUT2D eigenvalue weighted by molar-refractivity contribution is -0.352. The number of benzene rings is 7. The van der Waals surface area contributed by atoms with E-state index in [0.717, 1.165) is 38.9 Å². The Kier molecular flexibility index (Phi) is 20.7. The fourth-order valence-electron chi connectivity index (χ4n) is 9.22. The van der Waals surface area contributed by atoms with Gasteiger partial charge in [0.25, 0.3) is 0 Å². The Hall–Kier alpha value is -6.34. The van der Waals surface area contributed by atoms with E-state index in [-0.39, 0.29) is 52.9 Å². The summed E-state index contributed by atoms with van der Waals surface area (Å²) in [5, 5.41) is 0. The second-order valence-corrected chi connectivity index (χ2v) is 18.5. The van der Waals surface area contributed by atoms with E-state index in [9.17, 15) is 0 Å². The van der Waals surface area contributed by atoms with Crippen molar-refractivity contribution < 1.29 is 52.1 Å². The van der Waals surface area contributed by atoms with Crippen LogP contribution in [0.5, 0.6) is 0 Å². The summed E-state index contributed by atoms with van der Waals surface area (Å²) in [7, 11) is 0. The van der Waals surface area contributed by atoms with Gasteiger partial charge in [-0.25, -0.2) is 0 Å². The molecule has 10 atom stereocenters. The van der Waals surface area contributed by atoms with E-state index in [4.69, 9.17) is 58.5 Å². The molecule has 11 heteroatoms. The quantitative estimate of drug-likeness (QED) is 0.0460. The molecular formula is C64H66O11. The molecular weight excluding hydrogens is 945 g/mol. The standard InChI is InChI=1S/C64H66O11/c1-2-38-66-63-61(71-44-53-34-20-8-21-35-53)60(70-43-52-32-18-7-19-33-52)58(68-41-50-28-14-5-15-29-50)56(75-63)47-73-64-62(72-45-54-36-22-9-23-37-54)59(69-42-51-30-16-6-17-31-51)57(67-40-49-26-12-4-13-27-49)55(74-64)46-65-39-48-24-10-3-11-25-48/h1,3-37,55-64H,38-47H2/t55-,56-,57-,58-,59+,60+,61-,62+,63+,64+/m1/s1. The Morgan fingerprint density at radius 1 is 0.293 bits per heavy atom. The molecule has 0 amide bonds. The topological polar surface area (TPSA) is 102 Å². The first-order valence-electron chi connectivity index (χ1n) is 25.7. The highest BCUT2D eigenvalue weighted by atomic mass is 16.8. The number of terminal acetylenes is 1. The van der Waals surface area contributed by atoms with Crippen LogP contribution in [0, 0.1) is 12.3 Å². The molecule has 2 heterocycles. The third-order valence-electron chi connectivity index (χ3n) is 13.0. The van der Waals surface area contributed by atoms with Crippen LogP contribution in [-0.4, -0.2) is 81.2 Å². The average molecular weight is 1010 g/mol. The van der Waals surface area contributed by atoms with Crippen molar-refractivity contribution in [2.24, 2.45) is 0 Å². The maximum absolute atomic E-state index is 7.11. The van der Waals surface area contributed by atoms with Crippen LogP contribution in [0.3, 0.4) is 0 Å². The number of hydrogen-bond donors (Lipinski definition) is 0. The molecule has 11 nitrogen and oxygen atoms in total. The van der Waals surface area contributed by atoms with Gasteiger partial charge < -0.3 is 52.1 Å². The lowest BCUT2D eigenvalue weighted by atomic mass is 9.96. The van der Waals surface area contributed by atoms with Crippen LogP contribution in [0.1, 0.15) is 38.9 Å². The minimum absolute atomic E-state index is 0.0407. The predicted octanol–water partition coefficient (Wildman–Crippen LogP) is 10.8. The summed E-state index contributed by atoms with van der Waals surface area (Å²) >= 11 is 0. The summed E-state index contributed by atoms with van der Waals surface area (Å²) < 4.78 is 75.6. The number of ether oxygens (including phenoxy) is 11. The van der Waals surface area contributed by atoms with Gasteiger partial charge >= 0.3 is 0 Å². The van der Waals surface area contributed by atoms with Gasteiger partial charge in [0.2, 0.25) is 0 Å². The van der Waals surface area contributed by atoms with E-state index < -0.39 is 61.4 Å². The molecule has 7 aromatic rings. The first-order chi connectivity index (χ1) is 37.2. The molecule has 0 aromatic heterocycles. The molecule has 9 rings (SSSR count). The van der Waals surface area contributed by atoms with Gasteiger partial charge in [-0.2, -0.15) is 0 Å². The van der Waals surface area contributed by atoms with Gasteiger partial charge in [-0.1, -0.05) is 218 Å². The molecule has 2 fully saturated rings. The van der Waals surface area contributed by atoms with E-state index in [1.165, 1.54) is 0 Å². The van der Waals surface area contributed by atoms with Gasteiger partial charge in [0.05, 0.1) is 59.5 Å². The molecule has 0 aliphatic carbocycles. The fraction of sp³-hybridized carbons (Fsp3) is 0.312. The zero-order valence-corrected chi connectivity index (χ0v) is 42.1. The fourth-order valence-corrected chi connectivity index (χ4v) is 9.22. The van der Waals surface area contributed by atoms with Crippen molar-refractivity contribution in [2.75, 3.05) is 19.8 Å². The van der Waals surface area contributed by atoms with Gasteiger partial charge in [0, 0.05) is 0 Å². The van der Waals surface area contributed by atoms with Crippen LogP contribution in [0.15, 0.2) is 212 Å². The molecule has 2 saturated heterocycles. The van der Waals surface area contributed by atoms with Crippen molar-refractivity contribution in [3.8, 4) is 12.3 Å². The van der Waals surface area contributed by atoms with E-state index >= 15 is 0 Å². The Labute approximate surface area is 441 Å². The summed E-state index contributed by atoms with van der Waals surface area (Å²) in [6.45, 7) is 1.98. The second kappa shape index (κ2) is 29.1. The third-order valence-corrected chi connectivity index (χ3v) is 13.0. The van der Waals surface area contributed by atoms with E-state index in [0.29, 0.717) is 13.2 Å². The molecule has 0 bridgehead atoms. The van der Waals surface area contributed by atoms with Crippen molar-refractivity contribution in [2.45, 2.75) is 108 Å². The molecule has 0 saturated carbocycles. The zero-order valence-electron chi connectivity index (χ0n) is 42.1. The number of rotatable bonds is 27. The molecule has 0 spiro atoms. The predicted molar refractivity (Wildman–Crippen MR) is 284 cm³/mol. The van der Waals surface area contributed by atoms with Gasteiger partial charge in [0.15, 0.2) is 12.6 Å². The van der Waals surface area contributed by atoms with Gasteiger partial charge in [-0.05, 0) is 38.9 Å². The largest absolute Gasteiger partial charge is 0.374 e. The summed E-state index contributed by atoms with van der Waals surface area (Å²) in [5.41, 5.74) is 6.88. The highest BCUT2D eigenvalue weighted by Gasteiger charge is 2.52. The lowest BCUT2D eigenvalue weighted by Gasteiger charge is -2.48. The third kappa shape index (κ3) is 16.1. The Bertz CT molecular complexity index is 2680. The molecule has 0 N–H and O–H groups in total. The Balaban J connectivity index is 1.06. The van der Waals surface area contributed by atoms with Crippen LogP contribution in [-0.2, 0) is 98.4 Å². The van der Waals surface area contributed by atoms with Crippen LogP contribution in [0.2, 0.25) is 0 Å². The smallest absolute Gasteiger partial charge is 0.188 e. The second-order valence-electron chi connectivity index (χ2n) is 18.5. The highest BCUT2D eigenvalue weighted by Crippen LogP contribution is 2.35. The molecule has 75 heavy (non-hydrogen) atoms. The van der Waals surface area contributed by atoms with E-state index in [1.807, 2.05) is 212 Å². The lowest BCUT2D eigenvalue weighted by Crippen LogP contribution is -2.64. The molecule has 7 aromatic carbocycles. The Morgan fingerprint density at radius 3 is 0.880 bits per heavy atom. The van der Waals surface area contributed by atoms with Crippen molar-refractivity contribution >= 4 is 0 Å². The molecule has 2 aliphatic rings. The van der Waals surface area contributed by atoms with Crippen LogP contribution < -0.4 is 0 Å². The summed E-state index contributed by atoms with van der Waals surface area (Å²) in [6.07, 6.45) is -2.15. The van der Waals surface area contributed by atoms with Crippen LogP contribution in [0.4, 0.5) is 0 Å². The summed E-state index contributed by atoms with van der Waals surface area (Å²) in [6, 6.07) is 70.1. The van der Waals surface area contributed by atoms with E-state index in [2.05, 4.69) is 5.92 Å². The Morgan fingerprint density at radius 2 is 0.560 bits per heavy atom. The van der Waals surface area contributed by atoms with Crippen molar-refractivity contribution in [3.05, 3.63) is 251 Å². The van der Waals surface area contributed by atoms with Gasteiger partial charge in [-0.3, -0.25) is 0 Å². The summed E-state index contributed by atoms with van der Waals surface area (Å²) in [4.78, 5) is 0. The highest BCUT2D eigenvalue weighted by molar-refractivity contribution is 5.19. The molecule has 2 aliphatic heterocycles. The van der Waals surface area contributed by atoms with Crippen LogP contribution >= 0.6 is 0 Å². The SMILES string of the molecule is C#CCO[C@H]1O[C@H](CO[C@H]2O[C@H](COCc3ccccc3)[C@@H](OCc3ccccc3)[C@H](OCc3ccccc3)[C@@H]2OCc2ccccc2)[C@@H](OCc2ccccc2)[C@H](OCc2ccccc2)[C@H]1OCc1ccccc1. The van der Waals surface area contributed by atoms with Crippen molar-refractivity contribution in [1.82, 2.24) is 0 Å². The maximum Gasteiger partial charge on any atom is 0.188 e. The maximum atomic E-state index is 7.11. The minimum atomic E-state index is -1.03. The van der Waals surface area contributed by atoms with Crippen molar-refractivity contribution in [3.63, 3.8) is 0 Å². The van der Waals surface area contributed by atoms with Crippen LogP contribution in [0.25, 0.3) is 0 Å². The molecule has 0 radical (unpaired) electrons. The van der Waals surface area contributed by atoms with Gasteiger partial charge in [-0.15, -0.1) is 6.42 Å². The normalized spacial score (nSPS) is 23.6. The molecule has 388 valence electrons. The molecule has 0 unspecified atom stereocenters. The number of hydrogen-bond acceptors (Lipinski definition) is 11. The van der Waals surface area contributed by atoms with Gasteiger partial charge in [0.1, 0.15) is 55.4 Å². The first-order valence-corrected chi connectivity index (χ1v) is 25.7. The average Bonchev–Trinajstić information content (AvgIpc) is 3.47. The summed E-state index contributed by atoms with van der Waals surface area (Å²) in [5.74, 6) is 2.62. The monoisotopic (exact) mass is 1010 g/mol. The van der Waals surface area contributed by atoms with Crippen molar-refractivity contribution in [1.29, 1.82) is 0 Å². The first kappa shape index (κ1) is 53.5. The van der Waals surface area contributed by atoms with E-state index in [1.54, 1.807) is 0 Å². The minimum Gasteiger partial charge on any atom is -0.374 e. The zero-order chi connectivity index (χ0) is 51.1.